The van der Waals surface area contributed by atoms with Gasteiger partial charge in [-0.2, -0.15) is 0 Å². The van der Waals surface area contributed by atoms with E-state index in [1.165, 1.54) is 13.0 Å². The van der Waals surface area contributed by atoms with E-state index in [9.17, 15) is 13.6 Å². The van der Waals surface area contributed by atoms with Crippen LogP contribution in [0, 0.1) is 18.6 Å². The Balaban J connectivity index is 3.42. The number of carbonyl (C=O) groups excluding carboxylic acids is 1. The highest BCUT2D eigenvalue weighted by atomic mass is 19.1. The zero-order valence-electron chi connectivity index (χ0n) is 8.43. The summed E-state index contributed by atoms with van der Waals surface area (Å²) >= 11 is 0. The number of carbonyl (C=O) groups is 1. The number of ether oxygens (including phenoxy) is 1. The smallest absolute Gasteiger partial charge is 0.254 e. The first-order valence-corrected chi connectivity index (χ1v) is 4.40. The lowest BCUT2D eigenvalue weighted by Crippen LogP contribution is -2.17. The van der Waals surface area contributed by atoms with Gasteiger partial charge in [0, 0.05) is 0 Å². The van der Waals surface area contributed by atoms with Crippen LogP contribution in [-0.4, -0.2) is 12.5 Å². The van der Waals surface area contributed by atoms with Gasteiger partial charge in [0.15, 0.2) is 11.6 Å². The van der Waals surface area contributed by atoms with E-state index >= 15 is 0 Å². The molecule has 1 aromatic rings. The minimum absolute atomic E-state index is 0.119. The third-order valence-electron chi connectivity index (χ3n) is 1.90. The summed E-state index contributed by atoms with van der Waals surface area (Å²) in [6, 6.07) is 1.20. The van der Waals surface area contributed by atoms with Crippen molar-refractivity contribution < 1.29 is 18.3 Å². The maximum absolute atomic E-state index is 13.5. The molecule has 0 saturated carbocycles. The van der Waals surface area contributed by atoms with Crippen molar-refractivity contribution >= 4 is 5.91 Å². The molecular formula is C10H11F2NO2. The Bertz CT molecular complexity index is 405. The molecule has 0 saturated heterocycles. The molecule has 0 radical (unpaired) electrons. The summed E-state index contributed by atoms with van der Waals surface area (Å²) in [5, 5.41) is 0. The number of rotatable bonds is 3. The molecule has 0 aromatic heterocycles. The summed E-state index contributed by atoms with van der Waals surface area (Å²) in [5.41, 5.74) is 4.24. The van der Waals surface area contributed by atoms with E-state index in [2.05, 4.69) is 0 Å². The lowest BCUT2D eigenvalue weighted by Gasteiger charge is -2.09. The third kappa shape index (κ3) is 2.06. The van der Waals surface area contributed by atoms with Crippen molar-refractivity contribution in [1.29, 1.82) is 0 Å². The lowest BCUT2D eigenvalue weighted by atomic mass is 10.1. The number of nitrogens with two attached hydrogens (primary N) is 1. The molecule has 1 amide bonds. The fourth-order valence-corrected chi connectivity index (χ4v) is 1.22. The molecule has 0 bridgehead atoms. The number of halogens is 2. The van der Waals surface area contributed by atoms with Crippen molar-refractivity contribution in [3.05, 3.63) is 28.8 Å². The van der Waals surface area contributed by atoms with Crippen molar-refractivity contribution in [3.8, 4) is 5.75 Å². The Hall–Kier alpha value is -1.65. The summed E-state index contributed by atoms with van der Waals surface area (Å²) < 4.78 is 31.7. The van der Waals surface area contributed by atoms with Crippen LogP contribution in [0.4, 0.5) is 8.78 Å². The van der Waals surface area contributed by atoms with Crippen LogP contribution >= 0.6 is 0 Å². The second-order valence-electron chi connectivity index (χ2n) is 2.99. The minimum Gasteiger partial charge on any atom is -0.491 e. The van der Waals surface area contributed by atoms with Crippen molar-refractivity contribution in [2.24, 2.45) is 5.73 Å². The maximum Gasteiger partial charge on any atom is 0.254 e. The van der Waals surface area contributed by atoms with Crippen LogP contribution in [0.15, 0.2) is 6.07 Å². The Labute approximate surface area is 85.8 Å². The predicted octanol–water partition coefficient (Wildman–Crippen LogP) is 1.77. The minimum atomic E-state index is -1.14. The largest absolute Gasteiger partial charge is 0.491 e. The van der Waals surface area contributed by atoms with Gasteiger partial charge in [-0.3, -0.25) is 4.79 Å². The molecule has 0 aliphatic carbocycles. The van der Waals surface area contributed by atoms with Crippen molar-refractivity contribution in [1.82, 2.24) is 0 Å². The van der Waals surface area contributed by atoms with Gasteiger partial charge in [0.2, 0.25) is 0 Å². The zero-order valence-corrected chi connectivity index (χ0v) is 8.43. The van der Waals surface area contributed by atoms with Gasteiger partial charge in [-0.15, -0.1) is 0 Å². The van der Waals surface area contributed by atoms with Gasteiger partial charge >= 0.3 is 0 Å². The highest BCUT2D eigenvalue weighted by molar-refractivity contribution is 5.94. The molecular weight excluding hydrogens is 204 g/mol. The van der Waals surface area contributed by atoms with Crippen molar-refractivity contribution in [2.45, 2.75) is 13.8 Å². The van der Waals surface area contributed by atoms with Crippen LogP contribution in [0.5, 0.6) is 5.75 Å². The lowest BCUT2D eigenvalue weighted by molar-refractivity contribution is 0.0991. The molecule has 0 spiro atoms. The van der Waals surface area contributed by atoms with E-state index < -0.39 is 23.1 Å². The second-order valence-corrected chi connectivity index (χ2v) is 2.99. The molecule has 5 heteroatoms. The van der Waals surface area contributed by atoms with E-state index in [1.54, 1.807) is 6.92 Å². The predicted molar refractivity (Wildman–Crippen MR) is 50.8 cm³/mol. The van der Waals surface area contributed by atoms with Crippen LogP contribution in [-0.2, 0) is 0 Å². The van der Waals surface area contributed by atoms with Crippen LogP contribution < -0.4 is 10.5 Å². The van der Waals surface area contributed by atoms with E-state index in [0.717, 1.165) is 0 Å². The Morgan fingerprint density at radius 2 is 2.07 bits per heavy atom. The van der Waals surface area contributed by atoms with Crippen LogP contribution in [0.1, 0.15) is 22.8 Å². The monoisotopic (exact) mass is 215 g/mol. The average molecular weight is 215 g/mol. The topological polar surface area (TPSA) is 52.3 Å². The molecule has 3 nitrogen and oxygen atoms in total. The van der Waals surface area contributed by atoms with Gasteiger partial charge in [-0.05, 0) is 25.5 Å². The Morgan fingerprint density at radius 3 is 2.53 bits per heavy atom. The molecule has 15 heavy (non-hydrogen) atoms. The summed E-state index contributed by atoms with van der Waals surface area (Å²) in [5.74, 6) is -3.30. The normalized spacial score (nSPS) is 10.1. The molecule has 1 aromatic carbocycles. The van der Waals surface area contributed by atoms with Crippen LogP contribution in [0.25, 0.3) is 0 Å². The fourth-order valence-electron chi connectivity index (χ4n) is 1.22. The maximum atomic E-state index is 13.5. The van der Waals surface area contributed by atoms with E-state index in [4.69, 9.17) is 10.5 Å². The van der Waals surface area contributed by atoms with Gasteiger partial charge < -0.3 is 10.5 Å². The first-order valence-electron chi connectivity index (χ1n) is 4.40. The fraction of sp³-hybridized carbons (Fsp3) is 0.300. The van der Waals surface area contributed by atoms with Crippen molar-refractivity contribution in [3.63, 3.8) is 0 Å². The highest BCUT2D eigenvalue weighted by Crippen LogP contribution is 2.25. The Kier molecular flexibility index (Phi) is 3.24. The van der Waals surface area contributed by atoms with E-state index in [-0.39, 0.29) is 17.9 Å². The van der Waals surface area contributed by atoms with Crippen LogP contribution in [0.3, 0.4) is 0 Å². The molecule has 0 atom stereocenters. The molecule has 82 valence electrons. The molecule has 1 rings (SSSR count). The summed E-state index contributed by atoms with van der Waals surface area (Å²) in [4.78, 5) is 10.8. The van der Waals surface area contributed by atoms with Crippen molar-refractivity contribution in [2.75, 3.05) is 6.61 Å². The van der Waals surface area contributed by atoms with E-state index in [0.29, 0.717) is 0 Å². The standard InChI is InChI=1S/C10H11F2NO2/c1-3-15-6-4-5(2)8(11)7(9(6)12)10(13)14/h4H,3H2,1-2H3,(H2,13,14). The number of aryl methyl sites for hydroxylation is 1. The summed E-state index contributed by atoms with van der Waals surface area (Å²) in [6.45, 7) is 3.28. The molecule has 2 N–H and O–H groups in total. The van der Waals surface area contributed by atoms with Gasteiger partial charge in [0.25, 0.3) is 5.91 Å². The molecule has 0 fully saturated rings. The quantitative estimate of drug-likeness (QED) is 0.835. The molecule has 0 heterocycles. The third-order valence-corrected chi connectivity index (χ3v) is 1.90. The van der Waals surface area contributed by atoms with Gasteiger partial charge in [-0.1, -0.05) is 0 Å². The van der Waals surface area contributed by atoms with Gasteiger partial charge in [0.05, 0.1) is 6.61 Å². The van der Waals surface area contributed by atoms with Crippen LogP contribution in [0.2, 0.25) is 0 Å². The highest BCUT2D eigenvalue weighted by Gasteiger charge is 2.21. The first-order chi connectivity index (χ1) is 6.99. The number of hydrogen-bond acceptors (Lipinski definition) is 2. The molecule has 0 aliphatic heterocycles. The number of hydrogen-bond donors (Lipinski definition) is 1. The van der Waals surface area contributed by atoms with E-state index in [1.807, 2.05) is 0 Å². The Morgan fingerprint density at radius 1 is 1.47 bits per heavy atom. The zero-order chi connectivity index (χ0) is 11.6. The average Bonchev–Trinajstić information content (AvgIpc) is 2.14. The molecule has 0 unspecified atom stereocenters. The van der Waals surface area contributed by atoms with Gasteiger partial charge in [-0.25, -0.2) is 8.78 Å². The summed E-state index contributed by atoms with van der Waals surface area (Å²) in [7, 11) is 0. The number of benzene rings is 1. The van der Waals surface area contributed by atoms with Gasteiger partial charge in [0.1, 0.15) is 11.4 Å². The second kappa shape index (κ2) is 4.25. The number of primary amides is 1. The SMILES string of the molecule is CCOc1cc(C)c(F)c(C(N)=O)c1F. The summed E-state index contributed by atoms with van der Waals surface area (Å²) in [6.07, 6.45) is 0. The molecule has 0 aliphatic rings. The first kappa shape index (κ1) is 11.4. The number of amides is 1.